The zero-order valence-electron chi connectivity index (χ0n) is 16.9. The number of imide groups is 1. The Bertz CT molecular complexity index is 563. The molecule has 3 amide bonds. The van der Waals surface area contributed by atoms with Gasteiger partial charge in [0.25, 0.3) is 11.8 Å². The van der Waals surface area contributed by atoms with Crippen LogP contribution in [-0.4, -0.2) is 47.6 Å². The summed E-state index contributed by atoms with van der Waals surface area (Å²) in [4.78, 5) is 38.8. The summed E-state index contributed by atoms with van der Waals surface area (Å²) in [6.45, 7) is 11.2. The SMILES string of the molecule is CCCC(NC(=O)OC(C)(C)C)C(=O)N1C(=O)C=C(OC)C1CC(C)C. The lowest BCUT2D eigenvalue weighted by Crippen LogP contribution is -2.53. The first kappa shape index (κ1) is 22.0. The van der Waals surface area contributed by atoms with Crippen LogP contribution < -0.4 is 5.32 Å². The molecule has 1 N–H and O–H groups in total. The third-order valence-corrected chi connectivity index (χ3v) is 3.88. The normalized spacial score (nSPS) is 18.6. The number of nitrogens with one attached hydrogen (secondary N) is 1. The van der Waals surface area contributed by atoms with E-state index in [0.29, 0.717) is 25.0 Å². The molecule has 0 saturated carbocycles. The van der Waals surface area contributed by atoms with Crippen molar-refractivity contribution < 1.29 is 23.9 Å². The van der Waals surface area contributed by atoms with Gasteiger partial charge in [-0.25, -0.2) is 4.79 Å². The smallest absolute Gasteiger partial charge is 0.408 e. The van der Waals surface area contributed by atoms with Gasteiger partial charge in [0.05, 0.1) is 13.2 Å². The summed E-state index contributed by atoms with van der Waals surface area (Å²) in [5.41, 5.74) is -0.668. The minimum Gasteiger partial charge on any atom is -0.499 e. The summed E-state index contributed by atoms with van der Waals surface area (Å²) in [7, 11) is 1.49. The van der Waals surface area contributed by atoms with Crippen molar-refractivity contribution in [2.24, 2.45) is 5.92 Å². The quantitative estimate of drug-likeness (QED) is 0.747. The zero-order valence-corrected chi connectivity index (χ0v) is 16.9. The number of rotatable bonds is 7. The summed E-state index contributed by atoms with van der Waals surface area (Å²) in [6, 6.07) is -1.27. The second-order valence-electron chi connectivity index (χ2n) is 7.93. The van der Waals surface area contributed by atoms with Gasteiger partial charge in [0.15, 0.2) is 0 Å². The number of methoxy groups -OCH3 is 1. The van der Waals surface area contributed by atoms with Crippen molar-refractivity contribution in [3.8, 4) is 0 Å². The maximum Gasteiger partial charge on any atom is 0.408 e. The molecule has 0 bridgehead atoms. The van der Waals surface area contributed by atoms with Gasteiger partial charge in [0.1, 0.15) is 17.4 Å². The molecule has 1 aliphatic heterocycles. The van der Waals surface area contributed by atoms with Crippen LogP contribution in [0.15, 0.2) is 11.8 Å². The first-order valence-corrected chi connectivity index (χ1v) is 9.12. The van der Waals surface area contributed by atoms with Gasteiger partial charge in [-0.1, -0.05) is 27.2 Å². The Balaban J connectivity index is 2.98. The summed E-state index contributed by atoms with van der Waals surface area (Å²) in [5.74, 6) is -0.103. The summed E-state index contributed by atoms with van der Waals surface area (Å²) < 4.78 is 10.5. The lowest BCUT2D eigenvalue weighted by molar-refractivity contribution is -0.145. The average molecular weight is 368 g/mol. The number of amides is 3. The molecule has 0 aromatic carbocycles. The van der Waals surface area contributed by atoms with Crippen molar-refractivity contribution in [3.05, 3.63) is 11.8 Å². The van der Waals surface area contributed by atoms with Crippen LogP contribution in [0.5, 0.6) is 0 Å². The van der Waals surface area contributed by atoms with E-state index < -0.39 is 35.6 Å². The van der Waals surface area contributed by atoms with Crippen LogP contribution in [0.25, 0.3) is 0 Å². The fourth-order valence-electron chi connectivity index (χ4n) is 2.86. The minimum atomic E-state index is -0.821. The molecule has 0 fully saturated rings. The second-order valence-corrected chi connectivity index (χ2v) is 7.93. The van der Waals surface area contributed by atoms with Crippen LogP contribution in [0.3, 0.4) is 0 Å². The average Bonchev–Trinajstić information content (AvgIpc) is 2.79. The summed E-state index contributed by atoms with van der Waals surface area (Å²) >= 11 is 0. The number of ether oxygens (including phenoxy) is 2. The van der Waals surface area contributed by atoms with E-state index in [2.05, 4.69) is 5.32 Å². The molecule has 26 heavy (non-hydrogen) atoms. The maximum atomic E-state index is 13.0. The van der Waals surface area contributed by atoms with Crippen LogP contribution in [0, 0.1) is 5.92 Å². The van der Waals surface area contributed by atoms with E-state index >= 15 is 0 Å². The Labute approximate surface area is 156 Å². The lowest BCUT2D eigenvalue weighted by Gasteiger charge is -2.30. The minimum absolute atomic E-state index is 0.267. The van der Waals surface area contributed by atoms with Gasteiger partial charge in [-0.05, 0) is 39.5 Å². The van der Waals surface area contributed by atoms with E-state index in [4.69, 9.17) is 9.47 Å². The number of carbonyl (C=O) groups excluding carboxylic acids is 3. The van der Waals surface area contributed by atoms with Gasteiger partial charge in [-0.2, -0.15) is 0 Å². The Morgan fingerprint density at radius 3 is 2.38 bits per heavy atom. The molecule has 1 rings (SSSR count). The van der Waals surface area contributed by atoms with Gasteiger partial charge in [0, 0.05) is 6.08 Å². The molecule has 0 radical (unpaired) electrons. The first-order valence-electron chi connectivity index (χ1n) is 9.12. The largest absolute Gasteiger partial charge is 0.499 e. The van der Waals surface area contributed by atoms with E-state index in [1.807, 2.05) is 20.8 Å². The van der Waals surface area contributed by atoms with E-state index in [1.54, 1.807) is 20.8 Å². The third-order valence-electron chi connectivity index (χ3n) is 3.88. The lowest BCUT2D eigenvalue weighted by atomic mass is 10.0. The number of alkyl carbamates (subject to hydrolysis) is 1. The molecular weight excluding hydrogens is 336 g/mol. The fourth-order valence-corrected chi connectivity index (χ4v) is 2.86. The van der Waals surface area contributed by atoms with Gasteiger partial charge in [-0.3, -0.25) is 14.5 Å². The number of hydrogen-bond donors (Lipinski definition) is 1. The molecule has 1 aliphatic rings. The van der Waals surface area contributed by atoms with Gasteiger partial charge >= 0.3 is 6.09 Å². The molecule has 1 heterocycles. The Kier molecular flexibility index (Phi) is 7.66. The molecule has 0 spiro atoms. The van der Waals surface area contributed by atoms with E-state index in [9.17, 15) is 14.4 Å². The van der Waals surface area contributed by atoms with Gasteiger partial charge in [-0.15, -0.1) is 0 Å². The highest BCUT2D eigenvalue weighted by Gasteiger charge is 2.41. The van der Waals surface area contributed by atoms with Gasteiger partial charge in [0.2, 0.25) is 0 Å². The fraction of sp³-hybridized carbons (Fsp3) is 0.737. The highest BCUT2D eigenvalue weighted by molar-refractivity contribution is 6.06. The number of hydrogen-bond acceptors (Lipinski definition) is 5. The predicted octanol–water partition coefficient (Wildman–Crippen LogP) is 2.99. The molecule has 148 valence electrons. The predicted molar refractivity (Wildman–Crippen MR) is 98.3 cm³/mol. The van der Waals surface area contributed by atoms with Crippen LogP contribution in [0.2, 0.25) is 0 Å². The Morgan fingerprint density at radius 1 is 1.31 bits per heavy atom. The summed E-state index contributed by atoms with van der Waals surface area (Å²) in [6.07, 6.45) is 2.37. The highest BCUT2D eigenvalue weighted by atomic mass is 16.6. The topological polar surface area (TPSA) is 84.9 Å². The van der Waals surface area contributed by atoms with Crippen LogP contribution in [-0.2, 0) is 19.1 Å². The van der Waals surface area contributed by atoms with Crippen LogP contribution in [0.4, 0.5) is 4.79 Å². The third kappa shape index (κ3) is 6.04. The van der Waals surface area contributed by atoms with Crippen molar-refractivity contribution >= 4 is 17.9 Å². The monoisotopic (exact) mass is 368 g/mol. The molecule has 0 aromatic rings. The van der Waals surface area contributed by atoms with Crippen molar-refractivity contribution in [2.75, 3.05) is 7.11 Å². The molecule has 2 unspecified atom stereocenters. The molecule has 0 aliphatic carbocycles. The Morgan fingerprint density at radius 2 is 1.92 bits per heavy atom. The summed E-state index contributed by atoms with van der Waals surface area (Å²) in [5, 5.41) is 2.61. The molecule has 7 nitrogen and oxygen atoms in total. The molecule has 0 aromatic heterocycles. The first-order chi connectivity index (χ1) is 12.0. The molecule has 7 heteroatoms. The Hall–Kier alpha value is -2.05. The van der Waals surface area contributed by atoms with Crippen LogP contribution in [0.1, 0.15) is 60.8 Å². The van der Waals surface area contributed by atoms with Crippen molar-refractivity contribution in [1.29, 1.82) is 0 Å². The van der Waals surface area contributed by atoms with E-state index in [-0.39, 0.29) is 5.92 Å². The molecule has 0 saturated heterocycles. The number of carbonyl (C=O) groups is 3. The second kappa shape index (κ2) is 9.05. The van der Waals surface area contributed by atoms with E-state index in [1.165, 1.54) is 18.1 Å². The van der Waals surface area contributed by atoms with E-state index in [0.717, 1.165) is 0 Å². The highest BCUT2D eigenvalue weighted by Crippen LogP contribution is 2.27. The van der Waals surface area contributed by atoms with Crippen LogP contribution >= 0.6 is 0 Å². The zero-order chi connectivity index (χ0) is 20.1. The van der Waals surface area contributed by atoms with Crippen molar-refractivity contribution in [3.63, 3.8) is 0 Å². The van der Waals surface area contributed by atoms with Crippen molar-refractivity contribution in [1.82, 2.24) is 10.2 Å². The standard InChI is InChI=1S/C19H32N2O5/c1-8-9-13(20-18(24)26-19(4,5)6)17(23)21-14(10-12(2)3)15(25-7)11-16(21)22/h11-14H,8-10H2,1-7H3,(H,20,24). The molecular formula is C19H32N2O5. The van der Waals surface area contributed by atoms with Crippen molar-refractivity contribution in [2.45, 2.75) is 78.5 Å². The van der Waals surface area contributed by atoms with Gasteiger partial charge < -0.3 is 14.8 Å². The molecule has 2 atom stereocenters. The maximum absolute atomic E-state index is 13.0. The number of nitrogens with zero attached hydrogens (tertiary/aromatic N) is 1.